The lowest BCUT2D eigenvalue weighted by Gasteiger charge is -2.10. The molecule has 0 aliphatic carbocycles. The minimum absolute atomic E-state index is 0.00411. The lowest BCUT2D eigenvalue weighted by atomic mass is 10.0. The molecular weight excluding hydrogens is 439 g/mol. The Hall–Kier alpha value is -2.58. The number of rotatable bonds is 9. The molecule has 1 heterocycles. The zero-order valence-corrected chi connectivity index (χ0v) is 19.1. The van der Waals surface area contributed by atoms with E-state index in [4.69, 9.17) is 16.3 Å². The number of nitrogens with one attached hydrogen (secondary N) is 1. The average molecular weight is 463 g/mol. The molecule has 0 atom stereocenters. The maximum atomic E-state index is 13.3. The van der Waals surface area contributed by atoms with Crippen LogP contribution in [0.25, 0.3) is 0 Å². The topological polar surface area (TPSA) is 69.0 Å². The van der Waals surface area contributed by atoms with Crippen LogP contribution in [0.1, 0.15) is 38.1 Å². The van der Waals surface area contributed by atoms with E-state index in [9.17, 15) is 9.18 Å². The summed E-state index contributed by atoms with van der Waals surface area (Å²) in [6.07, 6.45) is 0. The number of carbonyl (C=O) groups excluding carboxylic acids is 1. The highest BCUT2D eigenvalue weighted by atomic mass is 35.5. The Balaban J connectivity index is 1.56. The fourth-order valence-corrected chi connectivity index (χ4v) is 3.84. The molecule has 31 heavy (non-hydrogen) atoms. The van der Waals surface area contributed by atoms with E-state index >= 15 is 0 Å². The molecule has 164 valence electrons. The van der Waals surface area contributed by atoms with Gasteiger partial charge in [0.1, 0.15) is 18.2 Å². The van der Waals surface area contributed by atoms with E-state index in [0.717, 1.165) is 5.69 Å². The molecule has 0 aliphatic rings. The van der Waals surface area contributed by atoms with Crippen molar-refractivity contribution in [3.05, 3.63) is 64.7 Å². The molecule has 0 unspecified atom stereocenters. The second-order valence-corrected chi connectivity index (χ2v) is 8.47. The van der Waals surface area contributed by atoms with Crippen LogP contribution in [0.2, 0.25) is 5.02 Å². The van der Waals surface area contributed by atoms with Crippen LogP contribution < -0.4 is 10.1 Å². The summed E-state index contributed by atoms with van der Waals surface area (Å²) in [7, 11) is 0. The summed E-state index contributed by atoms with van der Waals surface area (Å²) < 4.78 is 20.8. The first-order chi connectivity index (χ1) is 14.9. The van der Waals surface area contributed by atoms with Gasteiger partial charge in [-0.25, -0.2) is 4.39 Å². The highest BCUT2D eigenvalue weighted by Gasteiger charge is 2.14. The molecule has 0 saturated carbocycles. The number of hydrogen-bond acceptors (Lipinski definition) is 5. The highest BCUT2D eigenvalue weighted by molar-refractivity contribution is 7.99. The number of thioether (sulfide) groups is 1. The van der Waals surface area contributed by atoms with Crippen molar-refractivity contribution in [2.24, 2.45) is 0 Å². The fraction of sp³-hybridized carbons (Fsp3) is 0.318. The molecule has 0 fully saturated rings. The van der Waals surface area contributed by atoms with E-state index in [1.165, 1.54) is 35.5 Å². The van der Waals surface area contributed by atoms with Gasteiger partial charge in [0.05, 0.1) is 10.8 Å². The van der Waals surface area contributed by atoms with Crippen LogP contribution in [-0.4, -0.2) is 26.4 Å². The third kappa shape index (κ3) is 6.21. The Morgan fingerprint density at radius 2 is 1.97 bits per heavy atom. The van der Waals surface area contributed by atoms with E-state index in [1.807, 2.05) is 35.8 Å². The number of halogens is 2. The molecule has 2 aromatic carbocycles. The number of benzene rings is 2. The van der Waals surface area contributed by atoms with Gasteiger partial charge >= 0.3 is 0 Å². The summed E-state index contributed by atoms with van der Waals surface area (Å²) in [4.78, 5) is 12.3. The molecule has 0 spiro atoms. The third-order valence-electron chi connectivity index (χ3n) is 4.56. The number of carbonyl (C=O) groups is 1. The van der Waals surface area contributed by atoms with Gasteiger partial charge in [-0.1, -0.05) is 49.3 Å². The van der Waals surface area contributed by atoms with Crippen LogP contribution >= 0.6 is 23.4 Å². The van der Waals surface area contributed by atoms with Gasteiger partial charge in [-0.2, -0.15) is 0 Å². The predicted octanol–water partition coefficient (Wildman–Crippen LogP) is 5.52. The van der Waals surface area contributed by atoms with Crippen LogP contribution in [0.4, 0.5) is 10.1 Å². The first kappa shape index (κ1) is 23.1. The van der Waals surface area contributed by atoms with Crippen molar-refractivity contribution in [3.8, 4) is 5.75 Å². The smallest absolute Gasteiger partial charge is 0.234 e. The monoisotopic (exact) mass is 462 g/mol. The third-order valence-corrected chi connectivity index (χ3v) is 5.82. The molecule has 1 N–H and O–H groups in total. The molecule has 0 bridgehead atoms. The first-order valence-corrected chi connectivity index (χ1v) is 11.3. The summed E-state index contributed by atoms with van der Waals surface area (Å²) >= 11 is 7.08. The Kier molecular flexibility index (Phi) is 7.92. The van der Waals surface area contributed by atoms with E-state index in [2.05, 4.69) is 29.4 Å². The van der Waals surface area contributed by atoms with Crippen LogP contribution in [0.3, 0.4) is 0 Å². The van der Waals surface area contributed by atoms with Gasteiger partial charge in [0, 0.05) is 18.3 Å². The molecule has 1 aromatic heterocycles. The van der Waals surface area contributed by atoms with Gasteiger partial charge in [0.15, 0.2) is 11.0 Å². The summed E-state index contributed by atoms with van der Waals surface area (Å²) in [6.45, 7) is 6.99. The minimum atomic E-state index is -0.501. The summed E-state index contributed by atoms with van der Waals surface area (Å²) in [5, 5.41) is 11.8. The maximum Gasteiger partial charge on any atom is 0.234 e. The molecule has 0 aliphatic heterocycles. The standard InChI is InChI=1S/C22H24ClFN4O2S/c1-4-28-20(12-30-17-9-10-19(24)18(23)11-17)26-27-22(28)31-13-21(29)25-16-7-5-15(6-8-16)14(2)3/h5-11,14H,4,12-13H2,1-3H3,(H,25,29). The molecule has 3 rings (SSSR count). The zero-order valence-electron chi connectivity index (χ0n) is 17.6. The van der Waals surface area contributed by atoms with E-state index in [0.29, 0.717) is 29.2 Å². The van der Waals surface area contributed by atoms with Crippen molar-refractivity contribution in [2.45, 2.75) is 45.0 Å². The van der Waals surface area contributed by atoms with Gasteiger partial charge < -0.3 is 14.6 Å². The van der Waals surface area contributed by atoms with E-state index in [-0.39, 0.29) is 23.3 Å². The minimum Gasteiger partial charge on any atom is -0.486 e. The SMILES string of the molecule is CCn1c(COc2ccc(F)c(Cl)c2)nnc1SCC(=O)Nc1ccc(C(C)C)cc1. The fourth-order valence-electron chi connectivity index (χ4n) is 2.84. The van der Waals surface area contributed by atoms with Crippen molar-refractivity contribution >= 4 is 35.0 Å². The van der Waals surface area contributed by atoms with Crippen molar-refractivity contribution < 1.29 is 13.9 Å². The van der Waals surface area contributed by atoms with Crippen molar-refractivity contribution in [1.82, 2.24) is 14.8 Å². The van der Waals surface area contributed by atoms with Crippen molar-refractivity contribution in [1.29, 1.82) is 0 Å². The van der Waals surface area contributed by atoms with Gasteiger partial charge in [0.25, 0.3) is 0 Å². The van der Waals surface area contributed by atoms with E-state index in [1.54, 1.807) is 0 Å². The van der Waals surface area contributed by atoms with Crippen molar-refractivity contribution in [3.63, 3.8) is 0 Å². The quantitative estimate of drug-likeness (QED) is 0.424. The number of aromatic nitrogens is 3. The van der Waals surface area contributed by atoms with Gasteiger partial charge in [-0.05, 0) is 42.7 Å². The van der Waals surface area contributed by atoms with Gasteiger partial charge in [-0.15, -0.1) is 10.2 Å². The second-order valence-electron chi connectivity index (χ2n) is 7.12. The second kappa shape index (κ2) is 10.6. The normalized spacial score (nSPS) is 11.0. The summed E-state index contributed by atoms with van der Waals surface area (Å²) in [5.74, 6) is 1.08. The number of ether oxygens (including phenoxy) is 1. The average Bonchev–Trinajstić information content (AvgIpc) is 3.15. The lowest BCUT2D eigenvalue weighted by Crippen LogP contribution is -2.15. The Morgan fingerprint density at radius 3 is 2.61 bits per heavy atom. The van der Waals surface area contributed by atoms with Crippen LogP contribution in [-0.2, 0) is 17.9 Å². The Labute approximate surface area is 190 Å². The largest absolute Gasteiger partial charge is 0.486 e. The Morgan fingerprint density at radius 1 is 1.23 bits per heavy atom. The zero-order chi connectivity index (χ0) is 22.4. The molecule has 6 nitrogen and oxygen atoms in total. The highest BCUT2D eigenvalue weighted by Crippen LogP contribution is 2.23. The summed E-state index contributed by atoms with van der Waals surface area (Å²) in [6, 6.07) is 12.0. The lowest BCUT2D eigenvalue weighted by molar-refractivity contribution is -0.113. The van der Waals surface area contributed by atoms with Crippen LogP contribution in [0.15, 0.2) is 47.6 Å². The molecule has 9 heteroatoms. The van der Waals surface area contributed by atoms with Crippen LogP contribution in [0.5, 0.6) is 5.75 Å². The molecule has 0 radical (unpaired) electrons. The molecular formula is C22H24ClFN4O2S. The maximum absolute atomic E-state index is 13.3. The molecule has 0 saturated heterocycles. The Bertz CT molecular complexity index is 1040. The first-order valence-electron chi connectivity index (χ1n) is 9.90. The predicted molar refractivity (Wildman–Crippen MR) is 121 cm³/mol. The van der Waals surface area contributed by atoms with Crippen LogP contribution in [0, 0.1) is 5.82 Å². The number of anilines is 1. The molecule has 3 aromatic rings. The van der Waals surface area contributed by atoms with Gasteiger partial charge in [0.2, 0.25) is 5.91 Å². The molecule has 1 amide bonds. The number of hydrogen-bond donors (Lipinski definition) is 1. The van der Waals surface area contributed by atoms with Gasteiger partial charge in [-0.3, -0.25) is 4.79 Å². The van der Waals surface area contributed by atoms with E-state index < -0.39 is 5.82 Å². The number of amides is 1. The van der Waals surface area contributed by atoms with Crippen molar-refractivity contribution in [2.75, 3.05) is 11.1 Å². The summed E-state index contributed by atoms with van der Waals surface area (Å²) in [5.41, 5.74) is 1.99. The number of nitrogens with zero attached hydrogens (tertiary/aromatic N) is 3.